The molecule has 5 heteroatoms. The lowest BCUT2D eigenvalue weighted by Crippen LogP contribution is -2.01. The molecule has 0 saturated heterocycles. The molecular weight excluding hydrogens is 500 g/mol. The molecule has 0 unspecified atom stereocenters. The van der Waals surface area contributed by atoms with E-state index in [2.05, 4.69) is 59.9 Å². The minimum Gasteiger partial charge on any atom is -0.493 e. The lowest BCUT2D eigenvalue weighted by Gasteiger charge is -2.12. The Kier molecular flexibility index (Phi) is 14.4. The number of halogens is 3. The van der Waals surface area contributed by atoms with Gasteiger partial charge in [0.1, 0.15) is 11.5 Å². The van der Waals surface area contributed by atoms with E-state index in [1.54, 1.807) is 0 Å². The van der Waals surface area contributed by atoms with Crippen LogP contribution in [-0.2, 0) is 5.33 Å². The van der Waals surface area contributed by atoms with Gasteiger partial charge in [-0.25, -0.2) is 0 Å². The molecule has 0 heterocycles. The van der Waals surface area contributed by atoms with Crippen LogP contribution in [0.5, 0.6) is 11.5 Å². The largest absolute Gasteiger partial charge is 0.493 e. The first kappa shape index (κ1) is 22.3. The Balaban J connectivity index is 2.34. The predicted octanol–water partition coefficient (Wildman–Crippen LogP) is 7.25. The molecule has 0 saturated carbocycles. The van der Waals surface area contributed by atoms with Gasteiger partial charge in [-0.15, -0.1) is 0 Å². The fourth-order valence-corrected chi connectivity index (χ4v) is 3.47. The maximum absolute atomic E-state index is 5.91. The highest BCUT2D eigenvalue weighted by Gasteiger charge is 2.03. The normalized spacial score (nSPS) is 10.8. The van der Waals surface area contributed by atoms with Crippen LogP contribution < -0.4 is 9.47 Å². The van der Waals surface area contributed by atoms with Gasteiger partial charge in [-0.1, -0.05) is 73.5 Å². The highest BCUT2D eigenvalue weighted by Crippen LogP contribution is 2.25. The molecule has 2 nitrogen and oxygen atoms in total. The molecule has 1 rings (SSSR count). The first-order chi connectivity index (χ1) is 11.8. The van der Waals surface area contributed by atoms with Crippen molar-refractivity contribution in [2.75, 3.05) is 23.9 Å². The van der Waals surface area contributed by atoms with Gasteiger partial charge in [0.2, 0.25) is 0 Å². The number of ether oxygens (including phenoxy) is 2. The zero-order chi connectivity index (χ0) is 17.5. The average Bonchev–Trinajstić information content (AvgIpc) is 2.61. The van der Waals surface area contributed by atoms with Gasteiger partial charge >= 0.3 is 0 Å². The number of rotatable bonds is 15. The van der Waals surface area contributed by atoms with Gasteiger partial charge in [0.25, 0.3) is 0 Å². The van der Waals surface area contributed by atoms with Crippen molar-refractivity contribution < 1.29 is 9.47 Å². The lowest BCUT2D eigenvalue weighted by molar-refractivity contribution is 0.290. The summed E-state index contributed by atoms with van der Waals surface area (Å²) in [6.45, 7) is 1.56. The molecule has 0 N–H and O–H groups in total. The summed E-state index contributed by atoms with van der Waals surface area (Å²) >= 11 is 10.5. The highest BCUT2D eigenvalue weighted by atomic mass is 79.9. The molecule has 0 atom stereocenters. The molecule has 0 amide bonds. The minimum atomic E-state index is 0.778. The number of hydrogen-bond acceptors (Lipinski definition) is 2. The monoisotopic (exact) mass is 526 g/mol. The Morgan fingerprint density at radius 3 is 1.46 bits per heavy atom. The van der Waals surface area contributed by atoms with Crippen molar-refractivity contribution >= 4 is 47.8 Å². The van der Waals surface area contributed by atoms with E-state index in [1.165, 1.54) is 44.1 Å². The summed E-state index contributed by atoms with van der Waals surface area (Å²) < 4.78 is 11.8. The molecule has 0 bridgehead atoms. The first-order valence-corrected chi connectivity index (χ1v) is 12.2. The second-order valence-corrected chi connectivity index (χ2v) is 8.00. The van der Waals surface area contributed by atoms with Gasteiger partial charge < -0.3 is 9.47 Å². The van der Waals surface area contributed by atoms with E-state index < -0.39 is 0 Å². The fourth-order valence-electron chi connectivity index (χ4n) is 2.35. The van der Waals surface area contributed by atoms with Crippen molar-refractivity contribution in [3.63, 3.8) is 0 Å². The van der Waals surface area contributed by atoms with Gasteiger partial charge in [-0.2, -0.15) is 0 Å². The molecule has 0 radical (unpaired) electrons. The van der Waals surface area contributed by atoms with Crippen LogP contribution in [0.4, 0.5) is 0 Å². The first-order valence-electron chi connectivity index (χ1n) is 8.87. The molecule has 0 aliphatic heterocycles. The smallest absolute Gasteiger partial charge is 0.123 e. The molecule has 0 aromatic heterocycles. The van der Waals surface area contributed by atoms with Gasteiger partial charge in [0, 0.05) is 22.1 Å². The predicted molar refractivity (Wildman–Crippen MR) is 115 cm³/mol. The maximum Gasteiger partial charge on any atom is 0.123 e. The Labute approximate surface area is 172 Å². The third-order valence-corrected chi connectivity index (χ3v) is 5.46. The van der Waals surface area contributed by atoms with Gasteiger partial charge in [-0.3, -0.25) is 0 Å². The minimum absolute atomic E-state index is 0.778. The molecule has 0 aliphatic carbocycles. The Morgan fingerprint density at radius 1 is 0.583 bits per heavy atom. The Bertz CT molecular complexity index is 393. The highest BCUT2D eigenvalue weighted by molar-refractivity contribution is 9.09. The van der Waals surface area contributed by atoms with E-state index in [4.69, 9.17) is 9.47 Å². The molecular formula is C19H29Br3O2. The number of hydrogen-bond donors (Lipinski definition) is 0. The van der Waals surface area contributed by atoms with E-state index in [-0.39, 0.29) is 0 Å². The number of alkyl halides is 3. The SMILES string of the molecule is BrCCCCCCOc1cc(CBr)cc(OCCCCCCBr)c1. The molecule has 1 aromatic rings. The number of benzene rings is 1. The van der Waals surface area contributed by atoms with Crippen molar-refractivity contribution in [3.8, 4) is 11.5 Å². The summed E-state index contributed by atoms with van der Waals surface area (Å²) in [4.78, 5) is 0. The van der Waals surface area contributed by atoms with Crippen LogP contribution in [0.25, 0.3) is 0 Å². The van der Waals surface area contributed by atoms with Gasteiger partial charge in [-0.05, 0) is 43.4 Å². The lowest BCUT2D eigenvalue weighted by atomic mass is 10.2. The Hall–Kier alpha value is 0.260. The summed E-state index contributed by atoms with van der Waals surface area (Å²) in [7, 11) is 0. The van der Waals surface area contributed by atoms with E-state index >= 15 is 0 Å². The second-order valence-electron chi connectivity index (χ2n) is 5.85. The standard InChI is InChI=1S/C19H29Br3O2/c20-9-5-1-3-7-11-23-18-13-17(16-22)14-19(15-18)24-12-8-4-2-6-10-21/h13-15H,1-12,16H2. The van der Waals surface area contributed by atoms with Crippen molar-refractivity contribution in [1.82, 2.24) is 0 Å². The van der Waals surface area contributed by atoms with E-state index in [9.17, 15) is 0 Å². The van der Waals surface area contributed by atoms with Crippen LogP contribution in [0.2, 0.25) is 0 Å². The molecule has 1 aromatic carbocycles. The van der Waals surface area contributed by atoms with Gasteiger partial charge in [0.05, 0.1) is 13.2 Å². The molecule has 0 fully saturated rings. The average molecular weight is 529 g/mol. The summed E-state index contributed by atoms with van der Waals surface area (Å²) in [5.74, 6) is 1.84. The van der Waals surface area contributed by atoms with Gasteiger partial charge in [0.15, 0.2) is 0 Å². The van der Waals surface area contributed by atoms with Crippen LogP contribution in [0.15, 0.2) is 18.2 Å². The van der Waals surface area contributed by atoms with E-state index in [0.717, 1.165) is 53.5 Å². The Morgan fingerprint density at radius 2 is 1.04 bits per heavy atom. The van der Waals surface area contributed by atoms with E-state index in [1.807, 2.05) is 6.07 Å². The van der Waals surface area contributed by atoms with Crippen molar-refractivity contribution in [3.05, 3.63) is 23.8 Å². The van der Waals surface area contributed by atoms with Crippen LogP contribution >= 0.6 is 47.8 Å². The molecule has 138 valence electrons. The third-order valence-electron chi connectivity index (χ3n) is 3.69. The summed E-state index contributed by atoms with van der Waals surface area (Å²) in [6.07, 6.45) is 9.67. The third kappa shape index (κ3) is 11.0. The van der Waals surface area contributed by atoms with Crippen LogP contribution in [0.3, 0.4) is 0 Å². The summed E-state index contributed by atoms with van der Waals surface area (Å²) in [6, 6.07) is 6.20. The quantitative estimate of drug-likeness (QED) is 0.176. The fraction of sp³-hybridized carbons (Fsp3) is 0.684. The molecule has 0 spiro atoms. The molecule has 0 aliphatic rings. The zero-order valence-corrected chi connectivity index (χ0v) is 19.1. The summed E-state index contributed by atoms with van der Waals surface area (Å²) in [5, 5.41) is 3.01. The van der Waals surface area contributed by atoms with Crippen molar-refractivity contribution in [2.45, 2.75) is 56.7 Å². The van der Waals surface area contributed by atoms with Crippen molar-refractivity contribution in [1.29, 1.82) is 0 Å². The topological polar surface area (TPSA) is 18.5 Å². The van der Waals surface area contributed by atoms with Crippen molar-refractivity contribution in [2.24, 2.45) is 0 Å². The second kappa shape index (κ2) is 15.5. The molecule has 24 heavy (non-hydrogen) atoms. The van der Waals surface area contributed by atoms with E-state index in [0.29, 0.717) is 0 Å². The van der Waals surface area contributed by atoms with Crippen LogP contribution in [0, 0.1) is 0 Å². The maximum atomic E-state index is 5.91. The summed E-state index contributed by atoms with van der Waals surface area (Å²) in [5.41, 5.74) is 1.20. The van der Waals surface area contributed by atoms with Crippen LogP contribution in [0.1, 0.15) is 56.9 Å². The number of unbranched alkanes of at least 4 members (excludes halogenated alkanes) is 6. The van der Waals surface area contributed by atoms with Crippen LogP contribution in [-0.4, -0.2) is 23.9 Å². The zero-order valence-electron chi connectivity index (χ0n) is 14.4.